The average molecular weight is 850 g/mol. The first kappa shape index (κ1) is 11.2. The average Bonchev–Trinajstić information content (AvgIpc) is 1.46. The predicted octanol–water partition coefficient (Wildman–Crippen LogP) is -1.95. The zero-order valence-corrected chi connectivity index (χ0v) is 16.7. The van der Waals surface area contributed by atoms with Crippen molar-refractivity contribution >= 4 is 88.9 Å². The van der Waals surface area contributed by atoms with Crippen LogP contribution in [0.2, 0.25) is 0 Å². The van der Waals surface area contributed by atoms with Crippen molar-refractivity contribution in [3.8, 4) is 0 Å². The van der Waals surface area contributed by atoms with Crippen molar-refractivity contribution in [2.45, 2.75) is 0 Å². The van der Waals surface area contributed by atoms with E-state index in [1.165, 1.54) is 49.0 Å². The van der Waals surface area contributed by atoms with Crippen molar-refractivity contribution in [3.63, 3.8) is 0 Å². The van der Waals surface area contributed by atoms with E-state index in [0.29, 0.717) is 0 Å². The van der Waals surface area contributed by atoms with Gasteiger partial charge in [0.25, 0.3) is 0 Å². The molecular weight excluding hydrogens is 848 g/mol. The van der Waals surface area contributed by atoms with E-state index in [-0.39, 0.29) is 0 Å². The Bertz CT molecular complexity index is 17.6. The summed E-state index contributed by atoms with van der Waals surface area (Å²) in [7, 11) is 0. The van der Waals surface area contributed by atoms with Crippen molar-refractivity contribution in [1.29, 1.82) is 0 Å². The molecule has 5 heavy (non-hydrogen) atoms. The number of hydrogen-bond acceptors (Lipinski definition) is 0. The summed E-state index contributed by atoms with van der Waals surface area (Å²) in [6, 6.07) is 0. The van der Waals surface area contributed by atoms with Gasteiger partial charge in [0.1, 0.15) is 0 Å². The molecule has 0 aliphatic carbocycles. The maximum atomic E-state index is 2.25. The van der Waals surface area contributed by atoms with Crippen LogP contribution in [0.5, 0.6) is 0 Å². The molecule has 0 atom stereocenters. The molecule has 0 aromatic heterocycles. The topological polar surface area (TPSA) is 0 Å². The Morgan fingerprint density at radius 1 is 1.40 bits per heavy atom. The number of rotatable bonds is 0. The molecule has 0 aliphatic heterocycles. The second-order valence-electron chi connectivity index (χ2n) is 0.129. The Kier molecular flexibility index (Phi) is 35.2. The van der Waals surface area contributed by atoms with Gasteiger partial charge in [0.2, 0.25) is 0 Å². The summed E-state index contributed by atoms with van der Waals surface area (Å²) in [6.45, 7) is 0. The van der Waals surface area contributed by atoms with E-state index in [1.807, 2.05) is 0 Å². The van der Waals surface area contributed by atoms with Gasteiger partial charge in [-0.2, -0.15) is 0 Å². The minimum absolute atomic E-state index is 1.29. The summed E-state index contributed by atoms with van der Waals surface area (Å²) in [5.74, 6) is 0. The molecule has 0 amide bonds. The Morgan fingerprint density at radius 2 is 1.40 bits per heavy atom. The molecule has 0 aliphatic rings. The summed E-state index contributed by atoms with van der Waals surface area (Å²) < 4.78 is 2.25. The second-order valence-corrected chi connectivity index (χ2v) is 9.94. The summed E-state index contributed by atoms with van der Waals surface area (Å²) in [5, 5.41) is 0. The molecular formula is CH2Bi4. The molecule has 26 valence electrons. The zero-order valence-electron chi connectivity index (χ0n) is 2.42. The van der Waals surface area contributed by atoms with Crippen molar-refractivity contribution in [3.05, 3.63) is 0 Å². The third-order valence-corrected chi connectivity index (χ3v) is 0. The Morgan fingerprint density at radius 3 is 1.40 bits per heavy atom. The van der Waals surface area contributed by atoms with Crippen molar-refractivity contribution in [1.82, 2.24) is 0 Å². The van der Waals surface area contributed by atoms with Gasteiger partial charge in [0.15, 0.2) is 0 Å². The first-order valence-corrected chi connectivity index (χ1v) is 20.2. The van der Waals surface area contributed by atoms with Gasteiger partial charge in [-0.05, 0) is 0 Å². The Balaban J connectivity index is 0. The van der Waals surface area contributed by atoms with Gasteiger partial charge in [-0.25, -0.2) is 0 Å². The third-order valence-electron chi connectivity index (χ3n) is 0. The summed E-state index contributed by atoms with van der Waals surface area (Å²) in [4.78, 5) is 0. The normalized spacial score (nSPS) is 3.40. The molecule has 4 heteroatoms. The quantitative estimate of drug-likeness (QED) is 0.250. The predicted molar refractivity (Wildman–Crippen MR) is 30.5 cm³/mol. The van der Waals surface area contributed by atoms with Crippen molar-refractivity contribution in [2.75, 3.05) is 0 Å². The maximum absolute atomic E-state index is 2.25. The van der Waals surface area contributed by atoms with Crippen LogP contribution >= 0.6 is 0 Å². The minimum atomic E-state index is 1.29. The third kappa shape index (κ3) is 18.7. The van der Waals surface area contributed by atoms with Crippen LogP contribution in [0, 0.1) is 0 Å². The fourth-order valence-electron chi connectivity index (χ4n) is 0. The van der Waals surface area contributed by atoms with Crippen molar-refractivity contribution in [2.24, 2.45) is 0 Å². The molecule has 0 rings (SSSR count). The molecule has 0 spiro atoms. The molecule has 0 unspecified atom stereocenters. The van der Waals surface area contributed by atoms with Crippen LogP contribution in [0.15, 0.2) is 0 Å². The van der Waals surface area contributed by atoms with E-state index in [2.05, 4.69) is 1.42 Å². The monoisotopic (exact) mass is 850 g/mol. The number of hydrogen-bond donors (Lipinski definition) is 0. The zero-order chi connectivity index (χ0) is 4.71. The van der Waals surface area contributed by atoms with Gasteiger partial charge in [0.05, 0.1) is 0 Å². The molecule has 0 saturated carbocycles. The van der Waals surface area contributed by atoms with Gasteiger partial charge in [-0.3, -0.25) is 0 Å². The first-order chi connectivity index (χ1) is 2.41. The van der Waals surface area contributed by atoms with E-state index in [1.54, 1.807) is 38.5 Å². The van der Waals surface area contributed by atoms with E-state index in [4.69, 9.17) is 0 Å². The fraction of sp³-hybridized carbons (Fsp3) is 0. The molecule has 0 aromatic carbocycles. The molecule has 0 aromatic rings. The van der Waals surface area contributed by atoms with Crippen LogP contribution in [0.3, 0.4) is 0 Å². The molecule has 4 radical (unpaired) electrons. The van der Waals surface area contributed by atoms with Gasteiger partial charge in [-0.1, -0.05) is 0 Å². The molecule has 0 saturated heterocycles. The summed E-state index contributed by atoms with van der Waals surface area (Å²) in [5.41, 5.74) is 0. The fourth-order valence-corrected chi connectivity index (χ4v) is 0. The molecule has 0 nitrogen and oxygen atoms in total. The van der Waals surface area contributed by atoms with E-state index in [9.17, 15) is 0 Å². The van der Waals surface area contributed by atoms with Gasteiger partial charge in [-0.15, -0.1) is 0 Å². The van der Waals surface area contributed by atoms with Crippen LogP contribution in [-0.4, -0.2) is 88.9 Å². The van der Waals surface area contributed by atoms with Crippen LogP contribution in [0.4, 0.5) is 0 Å². The molecule has 0 heterocycles. The van der Waals surface area contributed by atoms with Crippen LogP contribution in [-0.2, 0) is 0 Å². The summed E-state index contributed by atoms with van der Waals surface area (Å²) in [6.07, 6.45) is 0. The van der Waals surface area contributed by atoms with Gasteiger partial charge < -0.3 is 0 Å². The van der Waals surface area contributed by atoms with Crippen LogP contribution < -0.4 is 0 Å². The van der Waals surface area contributed by atoms with Crippen LogP contribution in [0.25, 0.3) is 0 Å². The molecule has 0 fully saturated rings. The summed E-state index contributed by atoms with van der Waals surface area (Å²) >= 11 is 5.86. The van der Waals surface area contributed by atoms with Gasteiger partial charge >= 0.3 is 88.9 Å². The van der Waals surface area contributed by atoms with Crippen LogP contribution in [0.1, 0.15) is 0 Å². The van der Waals surface area contributed by atoms with E-state index >= 15 is 0 Å². The first-order valence-electron chi connectivity index (χ1n) is 0.747. The molecule has 0 bridgehead atoms. The van der Waals surface area contributed by atoms with Crippen molar-refractivity contribution < 1.29 is 0 Å². The Labute approximate surface area is 86.4 Å². The molecule has 0 N–H and O–H groups in total. The standard InChI is InChI=1S/CH.4Bi.H/h1H;;;;;. The van der Waals surface area contributed by atoms with E-state index < -0.39 is 0 Å². The second kappa shape index (κ2) is 15.7. The Hall–Kier alpha value is 3.40. The van der Waals surface area contributed by atoms with E-state index in [0.717, 1.165) is 0 Å². The SMILES string of the molecule is [Bi]=[Bi].[Bi]=[CH][BiH]. The van der Waals surface area contributed by atoms with Gasteiger partial charge in [0, 0.05) is 0 Å².